The Kier molecular flexibility index (Phi) is 3.67. The highest BCUT2D eigenvalue weighted by Crippen LogP contribution is 2.35. The number of benzene rings is 2. The molecule has 0 spiro atoms. The van der Waals surface area contributed by atoms with Crippen molar-refractivity contribution in [2.75, 3.05) is 4.90 Å². The van der Waals surface area contributed by atoms with Crippen LogP contribution in [0.15, 0.2) is 49.0 Å². The Morgan fingerprint density at radius 2 is 2.00 bits per heavy atom. The fraction of sp³-hybridized carbons (Fsp3) is 0.167. The second-order valence-electron chi connectivity index (χ2n) is 5.24. The van der Waals surface area contributed by atoms with Gasteiger partial charge in [0.1, 0.15) is 11.6 Å². The van der Waals surface area contributed by atoms with Crippen LogP contribution in [0.1, 0.15) is 18.1 Å². The summed E-state index contributed by atoms with van der Waals surface area (Å²) in [5.41, 5.74) is 2.44. The number of ether oxygens (including phenoxy) is 1. The van der Waals surface area contributed by atoms with E-state index in [2.05, 4.69) is 6.58 Å². The van der Waals surface area contributed by atoms with E-state index in [-0.39, 0.29) is 5.91 Å². The van der Waals surface area contributed by atoms with Crippen LogP contribution < -0.4 is 9.64 Å². The Bertz CT molecular complexity index is 724. The van der Waals surface area contributed by atoms with Crippen LogP contribution in [0.3, 0.4) is 0 Å². The van der Waals surface area contributed by atoms with Gasteiger partial charge in [0.25, 0.3) is 5.91 Å². The smallest absolute Gasteiger partial charge is 0.268 e. The zero-order valence-corrected chi connectivity index (χ0v) is 12.3. The number of carbonyl (C=O) groups is 1. The van der Waals surface area contributed by atoms with Crippen LogP contribution in [0.2, 0.25) is 0 Å². The van der Waals surface area contributed by atoms with Crippen molar-refractivity contribution in [3.8, 4) is 5.75 Å². The number of nitrogens with zero attached hydrogens (tertiary/aromatic N) is 1. The lowest BCUT2D eigenvalue weighted by atomic mass is 10.1. The molecular formula is C18H16FNO2. The quantitative estimate of drug-likeness (QED) is 0.863. The molecule has 1 aliphatic rings. The number of anilines is 1. The number of hydrogen-bond donors (Lipinski definition) is 0. The number of carbonyl (C=O) groups excluding carboxylic acids is 1. The van der Waals surface area contributed by atoms with E-state index in [1.165, 1.54) is 12.1 Å². The van der Waals surface area contributed by atoms with Crippen molar-refractivity contribution >= 4 is 17.7 Å². The molecule has 1 amide bonds. The highest BCUT2D eigenvalue weighted by molar-refractivity contribution is 5.99. The van der Waals surface area contributed by atoms with E-state index < -0.39 is 11.9 Å². The van der Waals surface area contributed by atoms with Crippen molar-refractivity contribution in [1.82, 2.24) is 0 Å². The zero-order chi connectivity index (χ0) is 15.7. The van der Waals surface area contributed by atoms with E-state index in [4.69, 9.17) is 4.74 Å². The first-order chi connectivity index (χ1) is 10.6. The molecule has 3 nitrogen and oxygen atoms in total. The molecule has 0 saturated carbocycles. The molecule has 3 rings (SSSR count). The van der Waals surface area contributed by atoms with Crippen LogP contribution in [0.5, 0.6) is 5.75 Å². The van der Waals surface area contributed by atoms with Gasteiger partial charge in [-0.1, -0.05) is 36.9 Å². The van der Waals surface area contributed by atoms with Gasteiger partial charge in [-0.25, -0.2) is 4.39 Å². The molecule has 1 atom stereocenters. The summed E-state index contributed by atoms with van der Waals surface area (Å²) in [4.78, 5) is 14.0. The first-order valence-electron chi connectivity index (χ1n) is 7.07. The first kappa shape index (κ1) is 14.3. The normalized spacial score (nSPS) is 16.9. The van der Waals surface area contributed by atoms with Crippen LogP contribution in [0.4, 0.5) is 10.1 Å². The highest BCUT2D eigenvalue weighted by Gasteiger charge is 2.31. The van der Waals surface area contributed by atoms with Gasteiger partial charge in [0.2, 0.25) is 0 Å². The molecule has 0 aliphatic carbocycles. The molecular weight excluding hydrogens is 281 g/mol. The molecule has 2 aromatic carbocycles. The molecule has 0 aromatic heterocycles. The van der Waals surface area contributed by atoms with Crippen molar-refractivity contribution in [2.45, 2.75) is 19.6 Å². The first-order valence-corrected chi connectivity index (χ1v) is 7.07. The zero-order valence-electron chi connectivity index (χ0n) is 12.3. The van der Waals surface area contributed by atoms with E-state index in [1.54, 1.807) is 24.0 Å². The standard InChI is InChI=1S/C18H16FNO2/c1-3-13-4-6-14(7-5-13)11-20-16-10-15(19)8-9-17(16)22-12(2)18(20)21/h3-10,12H,1,11H2,2H3. The van der Waals surface area contributed by atoms with Gasteiger partial charge in [-0.15, -0.1) is 0 Å². The Balaban J connectivity index is 1.95. The van der Waals surface area contributed by atoms with Crippen LogP contribution in [-0.4, -0.2) is 12.0 Å². The van der Waals surface area contributed by atoms with Gasteiger partial charge < -0.3 is 9.64 Å². The summed E-state index contributed by atoms with van der Waals surface area (Å²) in [6.07, 6.45) is 1.18. The summed E-state index contributed by atoms with van der Waals surface area (Å²) >= 11 is 0. The predicted molar refractivity (Wildman–Crippen MR) is 84.2 cm³/mol. The summed E-state index contributed by atoms with van der Waals surface area (Å²) in [5.74, 6) is -0.0428. The number of rotatable bonds is 3. The molecule has 1 unspecified atom stereocenters. The van der Waals surface area contributed by atoms with Gasteiger partial charge in [-0.2, -0.15) is 0 Å². The molecule has 4 heteroatoms. The van der Waals surface area contributed by atoms with Gasteiger partial charge in [0.05, 0.1) is 12.2 Å². The third-order valence-corrected chi connectivity index (χ3v) is 3.69. The van der Waals surface area contributed by atoms with E-state index >= 15 is 0 Å². The van der Waals surface area contributed by atoms with Crippen LogP contribution in [-0.2, 0) is 11.3 Å². The van der Waals surface area contributed by atoms with Crippen molar-refractivity contribution in [3.63, 3.8) is 0 Å². The van der Waals surface area contributed by atoms with Crippen LogP contribution in [0, 0.1) is 5.82 Å². The lowest BCUT2D eigenvalue weighted by molar-refractivity contribution is -0.125. The largest absolute Gasteiger partial charge is 0.479 e. The Labute approximate surface area is 128 Å². The number of hydrogen-bond acceptors (Lipinski definition) is 2. The summed E-state index contributed by atoms with van der Waals surface area (Å²) < 4.78 is 19.1. The maximum atomic E-state index is 13.5. The average Bonchev–Trinajstić information content (AvgIpc) is 2.53. The number of fused-ring (bicyclic) bond motifs is 1. The fourth-order valence-corrected chi connectivity index (χ4v) is 2.48. The maximum absolute atomic E-state index is 13.5. The molecule has 0 fully saturated rings. The van der Waals surface area contributed by atoms with Gasteiger partial charge in [-0.05, 0) is 30.2 Å². The average molecular weight is 297 g/mol. The summed E-state index contributed by atoms with van der Waals surface area (Å²) in [6, 6.07) is 12.0. The van der Waals surface area contributed by atoms with Crippen molar-refractivity contribution in [1.29, 1.82) is 0 Å². The van der Waals surface area contributed by atoms with Gasteiger partial charge in [-0.3, -0.25) is 4.79 Å². The Morgan fingerprint density at radius 1 is 1.27 bits per heavy atom. The molecule has 0 N–H and O–H groups in total. The second kappa shape index (κ2) is 5.64. The minimum absolute atomic E-state index is 0.175. The molecule has 2 aromatic rings. The van der Waals surface area contributed by atoms with Crippen molar-refractivity contribution in [2.24, 2.45) is 0 Å². The van der Waals surface area contributed by atoms with Crippen molar-refractivity contribution in [3.05, 3.63) is 66.0 Å². The third-order valence-electron chi connectivity index (χ3n) is 3.69. The van der Waals surface area contributed by atoms with Crippen molar-refractivity contribution < 1.29 is 13.9 Å². The van der Waals surface area contributed by atoms with Crippen LogP contribution in [0.25, 0.3) is 6.08 Å². The predicted octanol–water partition coefficient (Wildman–Crippen LogP) is 3.78. The van der Waals surface area contributed by atoms with Gasteiger partial charge in [0.15, 0.2) is 6.10 Å². The lowest BCUT2D eigenvalue weighted by Gasteiger charge is -2.33. The van der Waals surface area contributed by atoms with Gasteiger partial charge >= 0.3 is 0 Å². The number of halogens is 1. The monoisotopic (exact) mass is 297 g/mol. The second-order valence-corrected chi connectivity index (χ2v) is 5.24. The highest BCUT2D eigenvalue weighted by atomic mass is 19.1. The summed E-state index contributed by atoms with van der Waals surface area (Å²) in [7, 11) is 0. The molecule has 1 aliphatic heterocycles. The van der Waals surface area contributed by atoms with E-state index in [0.717, 1.165) is 11.1 Å². The minimum atomic E-state index is -0.578. The Morgan fingerprint density at radius 3 is 2.68 bits per heavy atom. The molecule has 0 saturated heterocycles. The SMILES string of the molecule is C=Cc1ccc(CN2C(=O)C(C)Oc3ccc(F)cc32)cc1. The topological polar surface area (TPSA) is 29.5 Å². The molecule has 112 valence electrons. The molecule has 22 heavy (non-hydrogen) atoms. The summed E-state index contributed by atoms with van der Waals surface area (Å²) in [6.45, 7) is 5.79. The third kappa shape index (κ3) is 2.60. The lowest BCUT2D eigenvalue weighted by Crippen LogP contribution is -2.44. The minimum Gasteiger partial charge on any atom is -0.479 e. The fourth-order valence-electron chi connectivity index (χ4n) is 2.48. The van der Waals surface area contributed by atoms with Crippen LogP contribution >= 0.6 is 0 Å². The summed E-state index contributed by atoms with van der Waals surface area (Å²) in [5, 5.41) is 0. The van der Waals surface area contributed by atoms with E-state index in [9.17, 15) is 9.18 Å². The van der Waals surface area contributed by atoms with Gasteiger partial charge in [0, 0.05) is 6.07 Å². The van der Waals surface area contributed by atoms with E-state index in [0.29, 0.717) is 18.0 Å². The molecule has 0 radical (unpaired) electrons. The molecule has 0 bridgehead atoms. The molecule has 1 heterocycles. The van der Waals surface area contributed by atoms with E-state index in [1.807, 2.05) is 24.3 Å². The maximum Gasteiger partial charge on any atom is 0.268 e. The number of amides is 1. The Hall–Kier alpha value is -2.62.